The van der Waals surface area contributed by atoms with Gasteiger partial charge >= 0.3 is 0 Å². The van der Waals surface area contributed by atoms with E-state index in [1.807, 2.05) is 36.4 Å². The Labute approximate surface area is 149 Å². The van der Waals surface area contributed by atoms with Crippen LogP contribution in [0.3, 0.4) is 0 Å². The van der Waals surface area contributed by atoms with E-state index in [9.17, 15) is 0 Å². The summed E-state index contributed by atoms with van der Waals surface area (Å²) in [7, 11) is 0. The molecule has 23 heavy (non-hydrogen) atoms. The highest BCUT2D eigenvalue weighted by molar-refractivity contribution is 6.31. The summed E-state index contributed by atoms with van der Waals surface area (Å²) in [5.74, 6) is 0. The maximum Gasteiger partial charge on any atom is 0.0947 e. The summed E-state index contributed by atoms with van der Waals surface area (Å²) in [5.41, 5.74) is 3.03. The Morgan fingerprint density at radius 1 is 1.04 bits per heavy atom. The molecule has 0 aliphatic rings. The first-order chi connectivity index (χ1) is 11.0. The van der Waals surface area contributed by atoms with Crippen molar-refractivity contribution in [3.63, 3.8) is 0 Å². The monoisotopic (exact) mass is 350 g/mol. The lowest BCUT2D eigenvalue weighted by Crippen LogP contribution is -2.29. The molecule has 0 N–H and O–H groups in total. The van der Waals surface area contributed by atoms with E-state index in [1.165, 1.54) is 5.56 Å². The minimum Gasteiger partial charge on any atom is -0.366 e. The Bertz CT molecular complexity index is 654. The average Bonchev–Trinajstić information content (AvgIpc) is 2.55. The van der Waals surface area contributed by atoms with Crippen LogP contribution in [0.25, 0.3) is 0 Å². The van der Waals surface area contributed by atoms with Gasteiger partial charge in [-0.05, 0) is 49.1 Å². The Morgan fingerprint density at radius 2 is 1.78 bits per heavy atom. The van der Waals surface area contributed by atoms with Gasteiger partial charge < -0.3 is 4.74 Å². The van der Waals surface area contributed by atoms with Crippen LogP contribution in [0.2, 0.25) is 10.0 Å². The van der Waals surface area contributed by atoms with Gasteiger partial charge in [0, 0.05) is 15.6 Å². The van der Waals surface area contributed by atoms with Crippen LogP contribution < -0.4 is 0 Å². The SMILES string of the molecule is CCCC(CC)(OCc1cc(Cl)ccc1C)c1ccccc1Cl. The zero-order valence-corrected chi connectivity index (χ0v) is 15.5. The molecule has 0 fully saturated rings. The summed E-state index contributed by atoms with van der Waals surface area (Å²) in [4.78, 5) is 0. The predicted octanol–water partition coefficient (Wildman–Crippen LogP) is 6.92. The highest BCUT2D eigenvalue weighted by Gasteiger charge is 2.32. The van der Waals surface area contributed by atoms with Gasteiger partial charge in [-0.25, -0.2) is 0 Å². The van der Waals surface area contributed by atoms with Crippen molar-refractivity contribution in [1.29, 1.82) is 0 Å². The zero-order chi connectivity index (χ0) is 16.9. The average molecular weight is 351 g/mol. The topological polar surface area (TPSA) is 9.23 Å². The molecule has 2 rings (SSSR count). The molecule has 0 amide bonds. The molecule has 0 radical (unpaired) electrons. The van der Waals surface area contributed by atoms with Crippen molar-refractivity contribution >= 4 is 23.2 Å². The summed E-state index contributed by atoms with van der Waals surface area (Å²) in [6.07, 6.45) is 2.85. The molecular weight excluding hydrogens is 327 g/mol. The third-order valence-electron chi connectivity index (χ3n) is 4.40. The second-order valence-corrected chi connectivity index (χ2v) is 6.78. The molecule has 0 saturated carbocycles. The summed E-state index contributed by atoms with van der Waals surface area (Å²) >= 11 is 12.6. The Hall–Kier alpha value is -1.02. The quantitative estimate of drug-likeness (QED) is 0.526. The number of halogens is 2. The molecule has 0 aliphatic heterocycles. The van der Waals surface area contributed by atoms with Gasteiger partial charge in [-0.3, -0.25) is 0 Å². The maximum atomic E-state index is 6.47. The molecule has 1 nitrogen and oxygen atoms in total. The van der Waals surface area contributed by atoms with Crippen molar-refractivity contribution in [2.75, 3.05) is 0 Å². The van der Waals surface area contributed by atoms with Crippen LogP contribution in [0, 0.1) is 6.92 Å². The van der Waals surface area contributed by atoms with Crippen molar-refractivity contribution < 1.29 is 4.74 Å². The van der Waals surface area contributed by atoms with E-state index >= 15 is 0 Å². The number of ether oxygens (including phenoxy) is 1. The Kier molecular flexibility index (Phi) is 6.52. The van der Waals surface area contributed by atoms with Crippen LogP contribution >= 0.6 is 23.2 Å². The van der Waals surface area contributed by atoms with Crippen LogP contribution in [-0.2, 0) is 16.9 Å². The van der Waals surface area contributed by atoms with Gasteiger partial charge in [-0.15, -0.1) is 0 Å². The van der Waals surface area contributed by atoms with Gasteiger partial charge in [0.05, 0.1) is 12.2 Å². The second kappa shape index (κ2) is 8.19. The van der Waals surface area contributed by atoms with E-state index in [1.54, 1.807) is 0 Å². The highest BCUT2D eigenvalue weighted by Crippen LogP contribution is 2.39. The van der Waals surface area contributed by atoms with E-state index in [2.05, 4.69) is 26.8 Å². The maximum absolute atomic E-state index is 6.47. The lowest BCUT2D eigenvalue weighted by atomic mass is 9.86. The van der Waals surface area contributed by atoms with E-state index < -0.39 is 0 Å². The number of hydrogen-bond donors (Lipinski definition) is 0. The first-order valence-electron chi connectivity index (χ1n) is 8.16. The molecule has 1 unspecified atom stereocenters. The predicted molar refractivity (Wildman–Crippen MR) is 99.3 cm³/mol. The molecule has 0 spiro atoms. The molecular formula is C20H24Cl2O. The van der Waals surface area contributed by atoms with Crippen LogP contribution in [0.5, 0.6) is 0 Å². The third-order valence-corrected chi connectivity index (χ3v) is 4.97. The number of hydrogen-bond acceptors (Lipinski definition) is 1. The lowest BCUT2D eigenvalue weighted by Gasteiger charge is -2.34. The van der Waals surface area contributed by atoms with Gasteiger partial charge in [0.2, 0.25) is 0 Å². The first kappa shape index (κ1) is 18.3. The van der Waals surface area contributed by atoms with Crippen LogP contribution in [0.4, 0.5) is 0 Å². The van der Waals surface area contributed by atoms with Crippen LogP contribution in [-0.4, -0.2) is 0 Å². The molecule has 0 heterocycles. The minimum absolute atomic E-state index is 0.359. The van der Waals surface area contributed by atoms with Crippen molar-refractivity contribution in [2.45, 2.75) is 52.2 Å². The van der Waals surface area contributed by atoms with Crippen molar-refractivity contribution in [2.24, 2.45) is 0 Å². The molecule has 124 valence electrons. The largest absolute Gasteiger partial charge is 0.366 e. The number of aryl methyl sites for hydroxylation is 1. The van der Waals surface area contributed by atoms with Crippen molar-refractivity contribution in [3.05, 3.63) is 69.2 Å². The number of rotatable bonds is 7. The van der Waals surface area contributed by atoms with Gasteiger partial charge in [0.25, 0.3) is 0 Å². The molecule has 0 aromatic heterocycles. The highest BCUT2D eigenvalue weighted by atomic mass is 35.5. The molecule has 0 aliphatic carbocycles. The molecule has 1 atom stereocenters. The van der Waals surface area contributed by atoms with Crippen molar-refractivity contribution in [1.82, 2.24) is 0 Å². The fourth-order valence-electron chi connectivity index (χ4n) is 3.00. The minimum atomic E-state index is -0.359. The molecule has 3 heteroatoms. The fraction of sp³-hybridized carbons (Fsp3) is 0.400. The van der Waals surface area contributed by atoms with Crippen molar-refractivity contribution in [3.8, 4) is 0 Å². The first-order valence-corrected chi connectivity index (χ1v) is 8.92. The fourth-order valence-corrected chi connectivity index (χ4v) is 3.50. The summed E-state index contributed by atoms with van der Waals surface area (Å²) in [6.45, 7) is 6.95. The molecule has 2 aromatic rings. The molecule has 2 aromatic carbocycles. The van der Waals surface area contributed by atoms with E-state index in [-0.39, 0.29) is 5.60 Å². The summed E-state index contributed by atoms with van der Waals surface area (Å²) < 4.78 is 6.47. The molecule has 0 saturated heterocycles. The zero-order valence-electron chi connectivity index (χ0n) is 14.0. The van der Waals surface area contributed by atoms with Crippen LogP contribution in [0.1, 0.15) is 49.8 Å². The Balaban J connectivity index is 2.32. The standard InChI is InChI=1S/C20H24Cl2O/c1-4-12-20(5-2,18-8-6-7-9-19(18)22)23-14-16-13-17(21)11-10-15(16)3/h6-11,13H,4-5,12,14H2,1-3H3. The third kappa shape index (κ3) is 4.29. The smallest absolute Gasteiger partial charge is 0.0947 e. The second-order valence-electron chi connectivity index (χ2n) is 5.94. The normalized spacial score (nSPS) is 13.8. The molecule has 0 bridgehead atoms. The Morgan fingerprint density at radius 3 is 2.43 bits per heavy atom. The van der Waals surface area contributed by atoms with E-state index in [0.717, 1.165) is 40.4 Å². The van der Waals surface area contributed by atoms with E-state index in [4.69, 9.17) is 27.9 Å². The van der Waals surface area contributed by atoms with Gasteiger partial charge in [-0.2, -0.15) is 0 Å². The van der Waals surface area contributed by atoms with E-state index in [0.29, 0.717) is 6.61 Å². The summed E-state index contributed by atoms with van der Waals surface area (Å²) in [6, 6.07) is 13.9. The van der Waals surface area contributed by atoms with Crippen LogP contribution in [0.15, 0.2) is 42.5 Å². The number of benzene rings is 2. The van der Waals surface area contributed by atoms with Gasteiger partial charge in [-0.1, -0.05) is 67.7 Å². The lowest BCUT2D eigenvalue weighted by molar-refractivity contribution is -0.0718. The van der Waals surface area contributed by atoms with Gasteiger partial charge in [0.1, 0.15) is 0 Å². The summed E-state index contributed by atoms with van der Waals surface area (Å²) in [5, 5.41) is 1.51. The van der Waals surface area contributed by atoms with Gasteiger partial charge in [0.15, 0.2) is 0 Å².